The molecule has 1 aliphatic heterocycles. The third-order valence-corrected chi connectivity index (χ3v) is 5.54. The van der Waals surface area contributed by atoms with Crippen molar-refractivity contribution in [2.24, 2.45) is 0 Å². The average Bonchev–Trinajstić information content (AvgIpc) is 3.14. The zero-order chi connectivity index (χ0) is 17.3. The summed E-state index contributed by atoms with van der Waals surface area (Å²) >= 11 is 1.73. The van der Waals surface area contributed by atoms with Crippen LogP contribution in [-0.4, -0.2) is 18.1 Å². The number of pyridine rings is 1. The summed E-state index contributed by atoms with van der Waals surface area (Å²) in [5.41, 5.74) is 5.99. The summed E-state index contributed by atoms with van der Waals surface area (Å²) in [5.74, 6) is 0.991. The van der Waals surface area contributed by atoms with Gasteiger partial charge in [0.15, 0.2) is 0 Å². The molecule has 3 heterocycles. The highest BCUT2D eigenvalue weighted by atomic mass is 32.1. The minimum Gasteiger partial charge on any atom is -0.491 e. The van der Waals surface area contributed by atoms with Crippen molar-refractivity contribution in [3.05, 3.63) is 77.1 Å². The molecule has 1 aliphatic rings. The van der Waals surface area contributed by atoms with Gasteiger partial charge in [-0.2, -0.15) is 11.3 Å². The molecule has 4 heteroatoms. The van der Waals surface area contributed by atoms with E-state index in [1.165, 1.54) is 27.8 Å². The smallest absolute Gasteiger partial charge is 0.124 e. The number of benzene rings is 2. The molecule has 0 bridgehead atoms. The second-order valence-electron chi connectivity index (χ2n) is 6.45. The van der Waals surface area contributed by atoms with Crippen LogP contribution in [0.4, 0.5) is 5.69 Å². The van der Waals surface area contributed by atoms with Crippen molar-refractivity contribution in [3.63, 3.8) is 0 Å². The largest absolute Gasteiger partial charge is 0.491 e. The van der Waals surface area contributed by atoms with Crippen molar-refractivity contribution in [2.75, 3.05) is 18.1 Å². The normalized spacial score (nSPS) is 13.9. The van der Waals surface area contributed by atoms with Gasteiger partial charge in [-0.1, -0.05) is 24.3 Å². The van der Waals surface area contributed by atoms with E-state index in [2.05, 4.69) is 69.2 Å². The van der Waals surface area contributed by atoms with Crippen LogP contribution in [0.3, 0.4) is 0 Å². The first-order valence-electron chi connectivity index (χ1n) is 8.75. The second-order valence-corrected chi connectivity index (χ2v) is 7.23. The van der Waals surface area contributed by atoms with E-state index in [-0.39, 0.29) is 0 Å². The number of nitrogens with zero attached hydrogens (tertiary/aromatic N) is 2. The molecule has 4 aromatic rings. The third kappa shape index (κ3) is 2.72. The van der Waals surface area contributed by atoms with Gasteiger partial charge in [0.05, 0.1) is 12.1 Å². The highest BCUT2D eigenvalue weighted by molar-refractivity contribution is 7.08. The quantitative estimate of drug-likeness (QED) is 0.482. The molecule has 0 atom stereocenters. The predicted molar refractivity (Wildman–Crippen MR) is 108 cm³/mol. The van der Waals surface area contributed by atoms with Crippen LogP contribution in [0.15, 0.2) is 71.6 Å². The Balaban J connectivity index is 1.56. The Labute approximate surface area is 156 Å². The van der Waals surface area contributed by atoms with Gasteiger partial charge in [0, 0.05) is 29.4 Å². The lowest BCUT2D eigenvalue weighted by Crippen LogP contribution is -2.25. The molecule has 3 nitrogen and oxygen atoms in total. The molecule has 0 amide bonds. The molecule has 128 valence electrons. The zero-order valence-electron chi connectivity index (χ0n) is 14.3. The molecule has 26 heavy (non-hydrogen) atoms. The van der Waals surface area contributed by atoms with Gasteiger partial charge in [0.25, 0.3) is 0 Å². The number of anilines is 1. The van der Waals surface area contributed by atoms with Crippen LogP contribution in [0.25, 0.3) is 22.0 Å². The fourth-order valence-electron chi connectivity index (χ4n) is 3.56. The molecular weight excluding hydrogens is 340 g/mol. The molecule has 2 aromatic heterocycles. The number of hydrogen-bond acceptors (Lipinski definition) is 4. The van der Waals surface area contributed by atoms with E-state index in [0.717, 1.165) is 24.4 Å². The van der Waals surface area contributed by atoms with Crippen LogP contribution >= 0.6 is 11.3 Å². The molecule has 0 saturated carbocycles. The van der Waals surface area contributed by atoms with Crippen LogP contribution in [-0.2, 0) is 6.54 Å². The van der Waals surface area contributed by atoms with Gasteiger partial charge in [0.2, 0.25) is 0 Å². The molecule has 0 radical (unpaired) electrons. The Bertz CT molecular complexity index is 1050. The van der Waals surface area contributed by atoms with Crippen molar-refractivity contribution in [1.82, 2.24) is 4.98 Å². The summed E-state index contributed by atoms with van der Waals surface area (Å²) in [7, 11) is 0. The molecular formula is C22H18N2OS. The fourth-order valence-corrected chi connectivity index (χ4v) is 4.23. The van der Waals surface area contributed by atoms with Gasteiger partial charge >= 0.3 is 0 Å². The van der Waals surface area contributed by atoms with Crippen molar-refractivity contribution in [2.45, 2.75) is 6.54 Å². The van der Waals surface area contributed by atoms with Gasteiger partial charge < -0.3 is 9.64 Å². The standard InChI is InChI=1S/C22H18N2OS/c1-2-4-20-19(3-1)21(7-9-23-20)24-10-11-25-22-6-5-16(13-18(22)14-24)17-8-12-26-15-17/h1-9,12-13,15H,10-11,14H2. The summed E-state index contributed by atoms with van der Waals surface area (Å²) in [4.78, 5) is 6.89. The van der Waals surface area contributed by atoms with Crippen molar-refractivity contribution in [1.29, 1.82) is 0 Å². The van der Waals surface area contributed by atoms with E-state index in [1.54, 1.807) is 11.3 Å². The molecule has 0 spiro atoms. The van der Waals surface area contributed by atoms with Crippen molar-refractivity contribution >= 4 is 27.9 Å². The summed E-state index contributed by atoms with van der Waals surface area (Å²) in [6.07, 6.45) is 1.89. The first kappa shape index (κ1) is 15.4. The number of thiophene rings is 1. The van der Waals surface area contributed by atoms with Gasteiger partial charge in [-0.05, 0) is 52.2 Å². The number of hydrogen-bond donors (Lipinski definition) is 0. The lowest BCUT2D eigenvalue weighted by Gasteiger charge is -2.23. The Morgan fingerprint density at radius 2 is 1.96 bits per heavy atom. The molecule has 2 aromatic carbocycles. The second kappa shape index (κ2) is 6.46. The number of para-hydroxylation sites is 1. The Kier molecular flexibility index (Phi) is 3.83. The van der Waals surface area contributed by atoms with Crippen LogP contribution in [0.1, 0.15) is 5.56 Å². The number of rotatable bonds is 2. The highest BCUT2D eigenvalue weighted by Crippen LogP contribution is 2.33. The molecule has 0 N–H and O–H groups in total. The minimum atomic E-state index is 0.682. The monoisotopic (exact) mass is 358 g/mol. The number of aromatic nitrogens is 1. The van der Waals surface area contributed by atoms with Gasteiger partial charge in [-0.25, -0.2) is 0 Å². The maximum atomic E-state index is 6.03. The summed E-state index contributed by atoms with van der Waals surface area (Å²) in [6.45, 7) is 2.37. The van der Waals surface area contributed by atoms with Crippen LogP contribution in [0.2, 0.25) is 0 Å². The Morgan fingerprint density at radius 1 is 1.00 bits per heavy atom. The van der Waals surface area contributed by atoms with Gasteiger partial charge in [0.1, 0.15) is 12.4 Å². The van der Waals surface area contributed by atoms with E-state index >= 15 is 0 Å². The lowest BCUT2D eigenvalue weighted by molar-refractivity contribution is 0.332. The Morgan fingerprint density at radius 3 is 2.88 bits per heavy atom. The van der Waals surface area contributed by atoms with E-state index < -0.39 is 0 Å². The summed E-state index contributed by atoms with van der Waals surface area (Å²) < 4.78 is 6.03. The Hall–Kier alpha value is -2.85. The minimum absolute atomic E-state index is 0.682. The van der Waals surface area contributed by atoms with Gasteiger partial charge in [-0.3, -0.25) is 4.98 Å². The maximum Gasteiger partial charge on any atom is 0.124 e. The lowest BCUT2D eigenvalue weighted by atomic mass is 10.0. The SMILES string of the molecule is c1ccc2c(N3CCOc4ccc(-c5ccsc5)cc4C3)ccnc2c1. The fraction of sp³-hybridized carbons (Fsp3) is 0.136. The molecule has 5 rings (SSSR count). The van der Waals surface area contributed by atoms with E-state index in [4.69, 9.17) is 4.74 Å². The summed E-state index contributed by atoms with van der Waals surface area (Å²) in [5, 5.41) is 5.49. The molecule has 0 aliphatic carbocycles. The predicted octanol–water partition coefficient (Wildman–Crippen LogP) is 5.36. The van der Waals surface area contributed by atoms with Crippen LogP contribution in [0, 0.1) is 0 Å². The van der Waals surface area contributed by atoms with Crippen LogP contribution < -0.4 is 9.64 Å². The maximum absolute atomic E-state index is 6.03. The first-order valence-corrected chi connectivity index (χ1v) is 9.70. The topological polar surface area (TPSA) is 25.4 Å². The molecule has 0 fully saturated rings. The first-order chi connectivity index (χ1) is 12.9. The van der Waals surface area contributed by atoms with Gasteiger partial charge in [-0.15, -0.1) is 0 Å². The van der Waals surface area contributed by atoms with E-state index in [0.29, 0.717) is 6.61 Å². The van der Waals surface area contributed by atoms with Crippen LogP contribution in [0.5, 0.6) is 5.75 Å². The van der Waals surface area contributed by atoms with E-state index in [9.17, 15) is 0 Å². The third-order valence-electron chi connectivity index (χ3n) is 4.86. The number of fused-ring (bicyclic) bond motifs is 2. The number of ether oxygens (including phenoxy) is 1. The molecule has 0 saturated heterocycles. The average molecular weight is 358 g/mol. The van der Waals surface area contributed by atoms with Crippen molar-refractivity contribution in [3.8, 4) is 16.9 Å². The molecule has 0 unspecified atom stereocenters. The summed E-state index contributed by atoms with van der Waals surface area (Å²) in [6, 6.07) is 19.1. The zero-order valence-corrected chi connectivity index (χ0v) is 15.1. The van der Waals surface area contributed by atoms with Crippen molar-refractivity contribution < 1.29 is 4.74 Å². The van der Waals surface area contributed by atoms with E-state index in [1.807, 2.05) is 12.3 Å². The highest BCUT2D eigenvalue weighted by Gasteiger charge is 2.18.